The second kappa shape index (κ2) is 15.7. The van der Waals surface area contributed by atoms with Crippen molar-refractivity contribution in [1.82, 2.24) is 9.88 Å². The first kappa shape index (κ1) is 38.9. The summed E-state index contributed by atoms with van der Waals surface area (Å²) < 4.78 is 37.5. The van der Waals surface area contributed by atoms with Crippen LogP contribution in [0.3, 0.4) is 0 Å². The molecule has 14 heteroatoms. The Morgan fingerprint density at radius 2 is 1.72 bits per heavy atom. The zero-order valence-electron chi connectivity index (χ0n) is 30.7. The predicted octanol–water partition coefficient (Wildman–Crippen LogP) is 6.98. The number of hydrogen-bond donors (Lipinski definition) is 4. The van der Waals surface area contributed by atoms with Crippen LogP contribution < -0.4 is 16.2 Å². The second-order valence-corrected chi connectivity index (χ2v) is 16.6. The molecule has 1 heterocycles. The van der Waals surface area contributed by atoms with Crippen LogP contribution in [0.25, 0.3) is 10.8 Å². The number of amides is 2. The van der Waals surface area contributed by atoms with Crippen molar-refractivity contribution in [1.29, 1.82) is 0 Å². The lowest BCUT2D eigenvalue weighted by Gasteiger charge is -2.25. The third-order valence-electron chi connectivity index (χ3n) is 8.90. The number of aromatic amines is 1. The van der Waals surface area contributed by atoms with Gasteiger partial charge in [-0.25, -0.2) is 22.8 Å². The lowest BCUT2D eigenvalue weighted by Crippen LogP contribution is -2.34. The number of aryl methyl sites for hydroxylation is 1. The summed E-state index contributed by atoms with van der Waals surface area (Å²) in [6.07, 6.45) is 1.93. The molecule has 0 radical (unpaired) electrons. The Labute approximate surface area is 308 Å². The highest BCUT2D eigenvalue weighted by Crippen LogP contribution is 2.36. The number of anilines is 2. The number of benzene rings is 3. The molecule has 1 aliphatic rings. The van der Waals surface area contributed by atoms with Gasteiger partial charge in [0, 0.05) is 35.9 Å². The molecule has 2 amide bonds. The maximum Gasteiger partial charge on any atom is 0.411 e. The van der Waals surface area contributed by atoms with Crippen molar-refractivity contribution in [3.63, 3.8) is 0 Å². The van der Waals surface area contributed by atoms with Crippen LogP contribution in [0.15, 0.2) is 76.6 Å². The van der Waals surface area contributed by atoms with Gasteiger partial charge in [0.25, 0.3) is 5.56 Å². The number of aromatic nitrogens is 1. The molecule has 53 heavy (non-hydrogen) atoms. The molecule has 0 spiro atoms. The lowest BCUT2D eigenvalue weighted by molar-refractivity contribution is -0.138. The summed E-state index contributed by atoms with van der Waals surface area (Å²) in [5.74, 6) is -1.34. The number of rotatable bonds is 13. The number of carboxylic acid groups (broad SMARTS) is 1. The maximum atomic E-state index is 13.2. The number of fused-ring (bicyclic) bond motifs is 1. The number of carbonyl (C=O) groups is 3. The Morgan fingerprint density at radius 1 is 1.00 bits per heavy atom. The van der Waals surface area contributed by atoms with Gasteiger partial charge in [0.2, 0.25) is 0 Å². The van der Waals surface area contributed by atoms with E-state index in [0.717, 1.165) is 16.5 Å². The first-order valence-corrected chi connectivity index (χ1v) is 19.0. The number of H-pyrrole nitrogens is 1. The fourth-order valence-corrected chi connectivity index (χ4v) is 7.90. The van der Waals surface area contributed by atoms with Gasteiger partial charge in [0.1, 0.15) is 5.60 Å². The van der Waals surface area contributed by atoms with Crippen LogP contribution in [0.2, 0.25) is 0 Å². The Balaban J connectivity index is 1.27. The molecule has 1 fully saturated rings. The number of aliphatic carboxylic acids is 1. The molecule has 1 saturated carbocycles. The van der Waals surface area contributed by atoms with Crippen LogP contribution in [-0.4, -0.2) is 66.1 Å². The molecule has 1 aliphatic carbocycles. The molecule has 1 aromatic heterocycles. The van der Waals surface area contributed by atoms with Crippen LogP contribution in [-0.2, 0) is 37.1 Å². The van der Waals surface area contributed by atoms with Crippen molar-refractivity contribution in [2.75, 3.05) is 24.3 Å². The summed E-state index contributed by atoms with van der Waals surface area (Å²) in [4.78, 5) is 54.3. The number of sulfone groups is 1. The molecule has 1 unspecified atom stereocenters. The van der Waals surface area contributed by atoms with Gasteiger partial charge in [-0.1, -0.05) is 38.1 Å². The van der Waals surface area contributed by atoms with E-state index in [1.54, 1.807) is 57.3 Å². The maximum absolute atomic E-state index is 13.2. The molecule has 282 valence electrons. The van der Waals surface area contributed by atoms with Crippen molar-refractivity contribution < 1.29 is 37.4 Å². The average molecular weight is 747 g/mol. The molecule has 0 bridgehead atoms. The Kier molecular flexibility index (Phi) is 11.5. The van der Waals surface area contributed by atoms with Crippen molar-refractivity contribution >= 4 is 50.1 Å². The Morgan fingerprint density at radius 3 is 2.38 bits per heavy atom. The van der Waals surface area contributed by atoms with Gasteiger partial charge in [-0.3, -0.25) is 10.1 Å². The summed E-state index contributed by atoms with van der Waals surface area (Å²) in [6, 6.07) is 15.6. The van der Waals surface area contributed by atoms with Gasteiger partial charge in [0.05, 0.1) is 23.3 Å². The van der Waals surface area contributed by atoms with Crippen LogP contribution in [0, 0.1) is 0 Å². The zero-order chi connectivity index (χ0) is 38.7. The molecule has 3 aromatic carbocycles. The molecular formula is C39H46N4O9S. The second-order valence-electron chi connectivity index (χ2n) is 14.4. The van der Waals surface area contributed by atoms with E-state index < -0.39 is 44.9 Å². The highest BCUT2D eigenvalue weighted by atomic mass is 32.2. The molecule has 0 aliphatic heterocycles. The summed E-state index contributed by atoms with van der Waals surface area (Å²) in [6.45, 7) is 9.01. The first-order valence-electron chi connectivity index (χ1n) is 17.4. The molecule has 4 N–H and O–H groups in total. The minimum Gasteiger partial charge on any atom is -0.479 e. The summed E-state index contributed by atoms with van der Waals surface area (Å²) in [5.41, 5.74) is 2.40. The van der Waals surface area contributed by atoms with Gasteiger partial charge in [0.15, 0.2) is 15.9 Å². The van der Waals surface area contributed by atoms with E-state index in [9.17, 15) is 32.7 Å². The van der Waals surface area contributed by atoms with Gasteiger partial charge in [-0.05, 0) is 104 Å². The lowest BCUT2D eigenvalue weighted by atomic mass is 9.91. The van der Waals surface area contributed by atoms with Crippen LogP contribution in [0.1, 0.15) is 81.7 Å². The number of pyridine rings is 1. The van der Waals surface area contributed by atoms with Gasteiger partial charge >= 0.3 is 18.2 Å². The largest absolute Gasteiger partial charge is 0.479 e. The highest BCUT2D eigenvalue weighted by molar-refractivity contribution is 7.92. The van der Waals surface area contributed by atoms with E-state index in [2.05, 4.69) is 15.6 Å². The molecule has 2 atom stereocenters. The monoisotopic (exact) mass is 746 g/mol. The molecule has 4 aromatic rings. The fourth-order valence-electron chi connectivity index (χ4n) is 6.04. The minimum atomic E-state index is -3.62. The van der Waals surface area contributed by atoms with Gasteiger partial charge in [-0.2, -0.15) is 0 Å². The highest BCUT2D eigenvalue weighted by Gasteiger charge is 2.38. The van der Waals surface area contributed by atoms with Crippen molar-refractivity contribution in [2.45, 2.75) is 88.1 Å². The molecular weight excluding hydrogens is 701 g/mol. The van der Waals surface area contributed by atoms with Crippen LogP contribution >= 0.6 is 0 Å². The molecule has 0 saturated heterocycles. The zero-order valence-corrected chi connectivity index (χ0v) is 31.5. The van der Waals surface area contributed by atoms with Crippen LogP contribution in [0.5, 0.6) is 0 Å². The van der Waals surface area contributed by atoms with Crippen molar-refractivity contribution in [2.24, 2.45) is 0 Å². The van der Waals surface area contributed by atoms with Crippen molar-refractivity contribution in [3.05, 3.63) is 99.5 Å². The normalized spacial score (nSPS) is 14.2. The van der Waals surface area contributed by atoms with E-state index >= 15 is 0 Å². The number of nitrogens with zero attached hydrogens (tertiary/aromatic N) is 1. The third-order valence-corrected chi connectivity index (χ3v) is 11.3. The summed E-state index contributed by atoms with van der Waals surface area (Å²) in [7, 11) is -2.10. The molecule has 5 rings (SSSR count). The Hall–Kier alpha value is -5.37. The van der Waals surface area contributed by atoms with E-state index in [0.29, 0.717) is 47.2 Å². The topological polar surface area (TPSA) is 184 Å². The number of carboxylic acids is 1. The SMILES string of the molecule is CCc1cc(C(Nc2ccc3cc[nH]c(=O)c3c2)C(=O)O)ccc1[C@@H](C)COC(=O)Nc1ccc(S(=O)(=O)C2CC2)c(CN(C)C(=O)OC(C)(C)C)c1. The van der Waals surface area contributed by atoms with Crippen LogP contribution in [0.4, 0.5) is 21.0 Å². The predicted molar refractivity (Wildman–Crippen MR) is 202 cm³/mol. The van der Waals surface area contributed by atoms with E-state index in [1.807, 2.05) is 26.0 Å². The minimum absolute atomic E-state index is 0.00675. The number of ether oxygens (including phenoxy) is 2. The Bertz CT molecular complexity index is 2190. The third kappa shape index (κ3) is 9.55. The average Bonchev–Trinajstić information content (AvgIpc) is 3.96. The van der Waals surface area contributed by atoms with Crippen molar-refractivity contribution in [3.8, 4) is 0 Å². The number of carbonyl (C=O) groups excluding carboxylic acids is 2. The fraction of sp³-hybridized carbons (Fsp3) is 0.385. The number of hydrogen-bond acceptors (Lipinski definition) is 9. The standard InChI is InChI=1S/C39H46N4O9S/c1-7-24-18-26(34(36(45)46)41-29-10-8-25-16-17-40-35(44)32(25)20-29)9-14-31(24)23(2)22-51-37(47)42-28-11-15-33(53(49,50)30-12-13-30)27(19-28)21-43(6)38(48)52-39(3,4)5/h8-11,14-20,23,30,34,41H,7,12-13,21-22H2,1-6H3,(H,40,44)(H,42,47)(H,45,46)/t23-,34?/m0/s1. The quantitative estimate of drug-likeness (QED) is 0.111. The first-order chi connectivity index (χ1) is 25.0. The molecule has 13 nitrogen and oxygen atoms in total. The van der Waals surface area contributed by atoms with E-state index in [-0.39, 0.29) is 29.5 Å². The number of nitrogens with one attached hydrogen (secondary N) is 3. The summed E-state index contributed by atoms with van der Waals surface area (Å²) in [5, 5.41) is 16.5. The van der Waals surface area contributed by atoms with Gasteiger partial charge < -0.3 is 29.8 Å². The smallest absolute Gasteiger partial charge is 0.411 e. The summed E-state index contributed by atoms with van der Waals surface area (Å²) >= 11 is 0. The van der Waals surface area contributed by atoms with Gasteiger partial charge in [-0.15, -0.1) is 0 Å². The van der Waals surface area contributed by atoms with E-state index in [1.165, 1.54) is 30.1 Å². The van der Waals surface area contributed by atoms with E-state index in [4.69, 9.17) is 9.47 Å².